The smallest absolute Gasteiger partial charge is 0.255 e. The van der Waals surface area contributed by atoms with E-state index in [0.717, 1.165) is 11.1 Å². The van der Waals surface area contributed by atoms with E-state index in [2.05, 4.69) is 21.2 Å². The average Bonchev–Trinajstić information content (AvgIpc) is 3.11. The van der Waals surface area contributed by atoms with Crippen LogP contribution in [-0.2, 0) is 11.3 Å². The number of halogens is 2. The number of carbonyl (C=O) groups is 2. The van der Waals surface area contributed by atoms with E-state index in [1.54, 1.807) is 30.0 Å². The topological polar surface area (TPSA) is 49.4 Å². The third kappa shape index (κ3) is 4.57. The van der Waals surface area contributed by atoms with Gasteiger partial charge in [-0.3, -0.25) is 9.59 Å². The van der Waals surface area contributed by atoms with E-state index in [-0.39, 0.29) is 22.9 Å². The molecule has 2 amide bonds. The Morgan fingerprint density at radius 1 is 1.10 bits per heavy atom. The van der Waals surface area contributed by atoms with Gasteiger partial charge in [0.05, 0.1) is 11.4 Å². The van der Waals surface area contributed by atoms with Gasteiger partial charge in [0.1, 0.15) is 11.2 Å². The normalized spacial score (nSPS) is 16.0. The summed E-state index contributed by atoms with van der Waals surface area (Å²) >= 11 is 4.77. The molecule has 1 heterocycles. The molecule has 4 rings (SSSR count). The van der Waals surface area contributed by atoms with Crippen LogP contribution in [0.15, 0.2) is 77.3 Å². The van der Waals surface area contributed by atoms with Crippen molar-refractivity contribution in [3.63, 3.8) is 0 Å². The fraction of sp³-hybridized carbons (Fsp3) is 0.130. The molecule has 1 aliphatic heterocycles. The second-order valence-corrected chi connectivity index (χ2v) is 8.86. The first-order chi connectivity index (χ1) is 14.5. The van der Waals surface area contributed by atoms with Gasteiger partial charge in [-0.1, -0.05) is 58.4 Å². The van der Waals surface area contributed by atoms with Crippen molar-refractivity contribution in [1.82, 2.24) is 4.90 Å². The van der Waals surface area contributed by atoms with Crippen molar-refractivity contribution in [2.45, 2.75) is 11.9 Å². The first kappa shape index (κ1) is 20.6. The lowest BCUT2D eigenvalue weighted by atomic mass is 10.1. The number of amides is 2. The fourth-order valence-electron chi connectivity index (χ4n) is 3.27. The van der Waals surface area contributed by atoms with Crippen molar-refractivity contribution in [3.8, 4) is 0 Å². The van der Waals surface area contributed by atoms with E-state index < -0.39 is 5.82 Å². The van der Waals surface area contributed by atoms with E-state index in [0.29, 0.717) is 22.3 Å². The Morgan fingerprint density at radius 2 is 1.83 bits per heavy atom. The van der Waals surface area contributed by atoms with Gasteiger partial charge in [0.15, 0.2) is 0 Å². The fourth-order valence-corrected chi connectivity index (χ4v) is 4.79. The standard InChI is InChI=1S/C23H18BrFN2O2S/c24-18-10-11-20(19(25)12-18)26-22(29)16-6-8-17(9-7-16)23-27(21(28)14-30-23)13-15-4-2-1-3-5-15/h1-12,23H,13-14H2,(H,26,29)/t23-/m1/s1. The average molecular weight is 485 g/mol. The van der Waals surface area contributed by atoms with Gasteiger partial charge in [-0.05, 0) is 41.5 Å². The van der Waals surface area contributed by atoms with Crippen LogP contribution in [0.25, 0.3) is 0 Å². The highest BCUT2D eigenvalue weighted by Crippen LogP contribution is 2.39. The molecule has 0 aromatic heterocycles. The summed E-state index contributed by atoms with van der Waals surface area (Å²) in [7, 11) is 0. The molecule has 1 saturated heterocycles. The van der Waals surface area contributed by atoms with Crippen molar-refractivity contribution in [3.05, 3.63) is 99.8 Å². The Kier molecular flexibility index (Phi) is 6.20. The van der Waals surface area contributed by atoms with Crippen molar-refractivity contribution in [1.29, 1.82) is 0 Å². The van der Waals surface area contributed by atoms with Crippen molar-refractivity contribution in [2.75, 3.05) is 11.1 Å². The summed E-state index contributed by atoms with van der Waals surface area (Å²) in [6.07, 6.45) is 0. The van der Waals surface area contributed by atoms with Gasteiger partial charge in [-0.15, -0.1) is 11.8 Å². The van der Waals surface area contributed by atoms with Crippen LogP contribution in [0.5, 0.6) is 0 Å². The third-order valence-electron chi connectivity index (χ3n) is 4.80. The predicted octanol–water partition coefficient (Wildman–Crippen LogP) is 5.61. The summed E-state index contributed by atoms with van der Waals surface area (Å²) in [5, 5.41) is 2.49. The SMILES string of the molecule is O=C(Nc1ccc(Br)cc1F)c1ccc([C@H]2SCC(=O)N2Cc2ccccc2)cc1. The maximum absolute atomic E-state index is 14.0. The molecule has 0 spiro atoms. The van der Waals surface area contributed by atoms with Crippen LogP contribution in [0.2, 0.25) is 0 Å². The number of nitrogens with zero attached hydrogens (tertiary/aromatic N) is 1. The van der Waals surface area contributed by atoms with E-state index in [9.17, 15) is 14.0 Å². The molecule has 1 fully saturated rings. The Hall–Kier alpha value is -2.64. The first-order valence-electron chi connectivity index (χ1n) is 9.32. The molecule has 0 aliphatic carbocycles. The van der Waals surface area contributed by atoms with Crippen LogP contribution in [0, 0.1) is 5.82 Å². The lowest BCUT2D eigenvalue weighted by molar-refractivity contribution is -0.128. The molecular weight excluding hydrogens is 467 g/mol. The molecule has 1 atom stereocenters. The Bertz CT molecular complexity index is 1080. The Balaban J connectivity index is 1.48. The third-order valence-corrected chi connectivity index (χ3v) is 6.55. The first-order valence-corrected chi connectivity index (χ1v) is 11.2. The van der Waals surface area contributed by atoms with Gasteiger partial charge in [0, 0.05) is 16.6 Å². The van der Waals surface area contributed by atoms with Crippen LogP contribution < -0.4 is 5.32 Å². The van der Waals surface area contributed by atoms with Crippen LogP contribution in [-0.4, -0.2) is 22.5 Å². The van der Waals surface area contributed by atoms with Crippen LogP contribution >= 0.6 is 27.7 Å². The zero-order valence-electron chi connectivity index (χ0n) is 15.8. The molecule has 30 heavy (non-hydrogen) atoms. The van der Waals surface area contributed by atoms with E-state index >= 15 is 0 Å². The maximum atomic E-state index is 14.0. The van der Waals surface area contributed by atoms with E-state index in [1.807, 2.05) is 47.4 Å². The molecule has 1 N–H and O–H groups in total. The lowest BCUT2D eigenvalue weighted by Crippen LogP contribution is -2.27. The highest BCUT2D eigenvalue weighted by Gasteiger charge is 2.32. The van der Waals surface area contributed by atoms with Crippen LogP contribution in [0.3, 0.4) is 0 Å². The minimum absolute atomic E-state index is 0.0984. The van der Waals surface area contributed by atoms with Crippen LogP contribution in [0.1, 0.15) is 26.9 Å². The minimum Gasteiger partial charge on any atom is -0.322 e. The summed E-state index contributed by atoms with van der Waals surface area (Å²) in [5.74, 6) is -0.366. The largest absolute Gasteiger partial charge is 0.322 e. The number of hydrogen-bond acceptors (Lipinski definition) is 3. The minimum atomic E-state index is -0.508. The van der Waals surface area contributed by atoms with Crippen molar-refractivity contribution in [2.24, 2.45) is 0 Å². The molecular formula is C23H18BrFN2O2S. The van der Waals surface area contributed by atoms with E-state index in [1.165, 1.54) is 12.1 Å². The van der Waals surface area contributed by atoms with Crippen molar-refractivity contribution < 1.29 is 14.0 Å². The molecule has 152 valence electrons. The second kappa shape index (κ2) is 9.02. The number of benzene rings is 3. The Morgan fingerprint density at radius 3 is 2.53 bits per heavy atom. The molecule has 1 aliphatic rings. The summed E-state index contributed by atoms with van der Waals surface area (Å²) in [5.41, 5.74) is 2.57. The molecule has 0 saturated carbocycles. The predicted molar refractivity (Wildman–Crippen MR) is 121 cm³/mol. The van der Waals surface area contributed by atoms with Gasteiger partial charge in [0.2, 0.25) is 5.91 Å². The second-order valence-electron chi connectivity index (χ2n) is 6.87. The number of rotatable bonds is 5. The molecule has 3 aromatic rings. The van der Waals surface area contributed by atoms with Gasteiger partial charge in [0.25, 0.3) is 5.91 Å². The molecule has 0 bridgehead atoms. The number of hydrogen-bond donors (Lipinski definition) is 1. The highest BCUT2D eigenvalue weighted by molar-refractivity contribution is 9.10. The zero-order valence-corrected chi connectivity index (χ0v) is 18.3. The molecule has 3 aromatic carbocycles. The zero-order chi connectivity index (χ0) is 21.1. The molecule has 0 unspecified atom stereocenters. The summed E-state index contributed by atoms with van der Waals surface area (Å²) in [4.78, 5) is 26.7. The lowest BCUT2D eigenvalue weighted by Gasteiger charge is -2.24. The highest BCUT2D eigenvalue weighted by atomic mass is 79.9. The number of nitrogens with one attached hydrogen (secondary N) is 1. The number of anilines is 1. The summed E-state index contributed by atoms with van der Waals surface area (Å²) in [6.45, 7) is 0.544. The van der Waals surface area contributed by atoms with Crippen molar-refractivity contribution >= 4 is 45.2 Å². The van der Waals surface area contributed by atoms with E-state index in [4.69, 9.17) is 0 Å². The number of thioether (sulfide) groups is 1. The van der Waals surface area contributed by atoms with Crippen LogP contribution in [0.4, 0.5) is 10.1 Å². The summed E-state index contributed by atoms with van der Waals surface area (Å²) in [6, 6.07) is 21.4. The molecule has 4 nitrogen and oxygen atoms in total. The molecule has 7 heteroatoms. The van der Waals surface area contributed by atoms with Gasteiger partial charge in [-0.25, -0.2) is 4.39 Å². The maximum Gasteiger partial charge on any atom is 0.255 e. The monoisotopic (exact) mass is 484 g/mol. The summed E-state index contributed by atoms with van der Waals surface area (Å²) < 4.78 is 14.6. The Labute approximate surface area is 186 Å². The van der Waals surface area contributed by atoms with Gasteiger partial charge < -0.3 is 10.2 Å². The molecule has 0 radical (unpaired) electrons. The van der Waals surface area contributed by atoms with Gasteiger partial charge in [-0.2, -0.15) is 0 Å². The number of carbonyl (C=O) groups excluding carboxylic acids is 2. The quantitative estimate of drug-likeness (QED) is 0.511. The van der Waals surface area contributed by atoms with Gasteiger partial charge >= 0.3 is 0 Å².